The summed E-state index contributed by atoms with van der Waals surface area (Å²) >= 11 is 3.55. The lowest BCUT2D eigenvalue weighted by molar-refractivity contribution is 0.455. The molecular formula is C16H20BrN3O. The molecule has 0 atom stereocenters. The van der Waals surface area contributed by atoms with Gasteiger partial charge in [0.15, 0.2) is 0 Å². The Bertz CT molecular complexity index is 593. The van der Waals surface area contributed by atoms with Crippen LogP contribution < -0.4 is 10.1 Å². The van der Waals surface area contributed by atoms with Crippen LogP contribution in [0.1, 0.15) is 30.2 Å². The molecule has 0 fully saturated rings. The summed E-state index contributed by atoms with van der Waals surface area (Å²) in [6.07, 6.45) is 4.49. The third kappa shape index (κ3) is 4.51. The average molecular weight is 350 g/mol. The van der Waals surface area contributed by atoms with Gasteiger partial charge in [-0.2, -0.15) is 0 Å². The molecule has 2 aromatic rings. The molecule has 0 radical (unpaired) electrons. The second-order valence-electron chi connectivity index (χ2n) is 5.00. The minimum absolute atomic E-state index is 0.520. The lowest BCUT2D eigenvalue weighted by Gasteiger charge is -2.10. The first kappa shape index (κ1) is 15.9. The Kier molecular flexibility index (Phi) is 5.70. The van der Waals surface area contributed by atoms with Gasteiger partial charge < -0.3 is 10.1 Å². The van der Waals surface area contributed by atoms with Crippen LogP contribution in [0.25, 0.3) is 0 Å². The predicted octanol–water partition coefficient (Wildman–Crippen LogP) is 4.15. The molecule has 21 heavy (non-hydrogen) atoms. The molecule has 0 aliphatic rings. The monoisotopic (exact) mass is 349 g/mol. The van der Waals surface area contributed by atoms with E-state index in [-0.39, 0.29) is 0 Å². The fourth-order valence-corrected chi connectivity index (χ4v) is 2.23. The fraction of sp³-hybridized carbons (Fsp3) is 0.375. The summed E-state index contributed by atoms with van der Waals surface area (Å²) in [6.45, 7) is 7.89. The first-order valence-electron chi connectivity index (χ1n) is 7.06. The van der Waals surface area contributed by atoms with Crippen molar-refractivity contribution in [3.8, 4) is 11.6 Å². The fourth-order valence-electron chi connectivity index (χ4n) is 2.00. The van der Waals surface area contributed by atoms with E-state index in [2.05, 4.69) is 38.1 Å². The molecule has 1 heterocycles. The highest BCUT2D eigenvalue weighted by atomic mass is 79.9. The summed E-state index contributed by atoms with van der Waals surface area (Å²) in [5.41, 5.74) is 3.16. The van der Waals surface area contributed by atoms with Crippen molar-refractivity contribution >= 4 is 15.9 Å². The van der Waals surface area contributed by atoms with Gasteiger partial charge in [0, 0.05) is 17.2 Å². The Morgan fingerprint density at radius 3 is 2.57 bits per heavy atom. The SMILES string of the molecule is CCCNCc1cncc(Oc2cc(C)c(Br)c(C)c2)n1. The lowest BCUT2D eigenvalue weighted by Crippen LogP contribution is -2.15. The van der Waals surface area contributed by atoms with Crippen LogP contribution in [-0.4, -0.2) is 16.5 Å². The van der Waals surface area contributed by atoms with Crippen LogP contribution in [0, 0.1) is 13.8 Å². The zero-order valence-corrected chi connectivity index (χ0v) is 14.2. The minimum atomic E-state index is 0.520. The van der Waals surface area contributed by atoms with E-state index < -0.39 is 0 Å². The second-order valence-corrected chi connectivity index (χ2v) is 5.79. The maximum Gasteiger partial charge on any atom is 0.238 e. The molecule has 0 unspecified atom stereocenters. The first-order valence-corrected chi connectivity index (χ1v) is 7.85. The largest absolute Gasteiger partial charge is 0.437 e. The third-order valence-corrected chi connectivity index (χ3v) is 4.28. The van der Waals surface area contributed by atoms with E-state index in [0.717, 1.165) is 40.0 Å². The highest BCUT2D eigenvalue weighted by Gasteiger charge is 2.06. The molecule has 0 aliphatic carbocycles. The molecule has 2 rings (SSSR count). The van der Waals surface area contributed by atoms with Crippen LogP contribution in [-0.2, 0) is 6.54 Å². The molecule has 0 bridgehead atoms. The number of aromatic nitrogens is 2. The van der Waals surface area contributed by atoms with Crippen LogP contribution in [0.3, 0.4) is 0 Å². The van der Waals surface area contributed by atoms with Gasteiger partial charge >= 0.3 is 0 Å². The van der Waals surface area contributed by atoms with Crippen LogP contribution in [0.2, 0.25) is 0 Å². The Morgan fingerprint density at radius 1 is 1.19 bits per heavy atom. The molecule has 5 heteroatoms. The maximum atomic E-state index is 5.82. The van der Waals surface area contributed by atoms with Gasteiger partial charge in [-0.3, -0.25) is 4.98 Å². The smallest absolute Gasteiger partial charge is 0.238 e. The number of nitrogens with one attached hydrogen (secondary N) is 1. The molecule has 0 saturated heterocycles. The number of hydrogen-bond acceptors (Lipinski definition) is 4. The summed E-state index contributed by atoms with van der Waals surface area (Å²) in [4.78, 5) is 8.65. The molecule has 0 spiro atoms. The number of halogens is 1. The normalized spacial score (nSPS) is 10.7. The summed E-state index contributed by atoms with van der Waals surface area (Å²) in [5, 5.41) is 3.30. The Labute approximate surface area is 134 Å². The second kappa shape index (κ2) is 7.52. The zero-order valence-electron chi connectivity index (χ0n) is 12.6. The molecule has 1 aromatic heterocycles. The Balaban J connectivity index is 2.11. The van der Waals surface area contributed by atoms with Gasteiger partial charge in [0.25, 0.3) is 0 Å². The van der Waals surface area contributed by atoms with E-state index in [1.807, 2.05) is 26.0 Å². The predicted molar refractivity (Wildman–Crippen MR) is 87.7 cm³/mol. The van der Waals surface area contributed by atoms with Gasteiger partial charge in [-0.15, -0.1) is 0 Å². The van der Waals surface area contributed by atoms with Gasteiger partial charge in [0.05, 0.1) is 11.9 Å². The number of hydrogen-bond donors (Lipinski definition) is 1. The summed E-state index contributed by atoms with van der Waals surface area (Å²) in [5.74, 6) is 1.30. The minimum Gasteiger partial charge on any atom is -0.437 e. The van der Waals surface area contributed by atoms with Crippen molar-refractivity contribution in [2.75, 3.05) is 6.54 Å². The molecule has 112 valence electrons. The highest BCUT2D eigenvalue weighted by Crippen LogP contribution is 2.28. The van der Waals surface area contributed by atoms with Gasteiger partial charge in [-0.1, -0.05) is 22.9 Å². The Morgan fingerprint density at radius 2 is 1.90 bits per heavy atom. The number of ether oxygens (including phenoxy) is 1. The van der Waals surface area contributed by atoms with Crippen molar-refractivity contribution in [1.82, 2.24) is 15.3 Å². The number of benzene rings is 1. The lowest BCUT2D eigenvalue weighted by atomic mass is 10.1. The van der Waals surface area contributed by atoms with Crippen molar-refractivity contribution in [2.45, 2.75) is 33.7 Å². The topological polar surface area (TPSA) is 47.0 Å². The van der Waals surface area contributed by atoms with E-state index in [4.69, 9.17) is 4.74 Å². The number of nitrogens with zero attached hydrogens (tertiary/aromatic N) is 2. The molecule has 1 N–H and O–H groups in total. The van der Waals surface area contributed by atoms with Crippen molar-refractivity contribution in [3.05, 3.63) is 45.8 Å². The zero-order chi connectivity index (χ0) is 15.2. The van der Waals surface area contributed by atoms with E-state index in [1.54, 1.807) is 12.4 Å². The van der Waals surface area contributed by atoms with Gasteiger partial charge in [-0.05, 0) is 50.1 Å². The standard InChI is InChI=1S/C16H20BrN3O/c1-4-5-18-8-13-9-19-10-15(20-13)21-14-6-11(2)16(17)12(3)7-14/h6-7,9-10,18H,4-5,8H2,1-3H3. The van der Waals surface area contributed by atoms with E-state index in [1.165, 1.54) is 0 Å². The van der Waals surface area contributed by atoms with Crippen molar-refractivity contribution in [3.63, 3.8) is 0 Å². The van der Waals surface area contributed by atoms with Crippen LogP contribution >= 0.6 is 15.9 Å². The van der Waals surface area contributed by atoms with Gasteiger partial charge in [0.2, 0.25) is 5.88 Å². The molecule has 4 nitrogen and oxygen atoms in total. The number of rotatable bonds is 6. The van der Waals surface area contributed by atoms with Crippen molar-refractivity contribution in [2.24, 2.45) is 0 Å². The molecule has 0 saturated carbocycles. The van der Waals surface area contributed by atoms with Crippen LogP contribution in [0.15, 0.2) is 29.0 Å². The van der Waals surface area contributed by atoms with Gasteiger partial charge in [-0.25, -0.2) is 4.98 Å². The highest BCUT2D eigenvalue weighted by molar-refractivity contribution is 9.10. The van der Waals surface area contributed by atoms with Crippen LogP contribution in [0.4, 0.5) is 0 Å². The third-order valence-electron chi connectivity index (χ3n) is 3.03. The first-order chi connectivity index (χ1) is 10.1. The molecule has 0 amide bonds. The molecule has 1 aromatic carbocycles. The summed E-state index contributed by atoms with van der Waals surface area (Å²) < 4.78 is 6.93. The van der Waals surface area contributed by atoms with Crippen LogP contribution in [0.5, 0.6) is 11.6 Å². The summed E-state index contributed by atoms with van der Waals surface area (Å²) in [6, 6.07) is 3.97. The quantitative estimate of drug-likeness (QED) is 0.795. The van der Waals surface area contributed by atoms with E-state index >= 15 is 0 Å². The number of aryl methyl sites for hydroxylation is 2. The van der Waals surface area contributed by atoms with Gasteiger partial charge in [0.1, 0.15) is 5.75 Å². The van der Waals surface area contributed by atoms with E-state index in [0.29, 0.717) is 12.4 Å². The summed E-state index contributed by atoms with van der Waals surface area (Å²) in [7, 11) is 0. The van der Waals surface area contributed by atoms with Crippen molar-refractivity contribution in [1.29, 1.82) is 0 Å². The molecule has 0 aliphatic heterocycles. The van der Waals surface area contributed by atoms with Crippen molar-refractivity contribution < 1.29 is 4.74 Å². The molecular weight excluding hydrogens is 330 g/mol. The average Bonchev–Trinajstić information content (AvgIpc) is 2.45. The van der Waals surface area contributed by atoms with E-state index in [9.17, 15) is 0 Å². The maximum absolute atomic E-state index is 5.82. The Hall–Kier alpha value is -1.46.